The highest BCUT2D eigenvalue weighted by Crippen LogP contribution is 2.13. The van der Waals surface area contributed by atoms with Gasteiger partial charge in [0.2, 0.25) is 10.0 Å². The molecule has 0 aromatic heterocycles. The Balaban J connectivity index is 2.73. The maximum atomic E-state index is 11.6. The van der Waals surface area contributed by atoms with Crippen molar-refractivity contribution in [1.29, 1.82) is 0 Å². The van der Waals surface area contributed by atoms with Crippen LogP contribution in [0.4, 0.5) is 0 Å². The van der Waals surface area contributed by atoms with E-state index in [9.17, 15) is 8.42 Å². The molecule has 84 valence electrons. The van der Waals surface area contributed by atoms with Gasteiger partial charge >= 0.3 is 0 Å². The minimum absolute atomic E-state index is 0.0386. The molecule has 0 saturated heterocycles. The van der Waals surface area contributed by atoms with Crippen molar-refractivity contribution in [3.8, 4) is 0 Å². The van der Waals surface area contributed by atoms with E-state index in [-0.39, 0.29) is 18.0 Å². The molecular formula is C9H12ClNO3S. The number of rotatable bonds is 5. The zero-order valence-corrected chi connectivity index (χ0v) is 9.55. The lowest BCUT2D eigenvalue weighted by Crippen LogP contribution is -2.25. The van der Waals surface area contributed by atoms with Crippen LogP contribution in [0.25, 0.3) is 0 Å². The molecule has 0 aliphatic carbocycles. The molecule has 0 saturated carbocycles. The molecule has 0 aliphatic heterocycles. The molecule has 0 amide bonds. The number of hydrogen-bond donors (Lipinski definition) is 2. The number of sulfonamides is 1. The first-order valence-electron chi connectivity index (χ1n) is 4.42. The summed E-state index contributed by atoms with van der Waals surface area (Å²) in [6, 6.07) is 5.90. The fourth-order valence-corrected chi connectivity index (χ4v) is 2.18. The standard InChI is InChI=1S/C9H12ClNO3S/c10-8-2-4-9(5-3-8)15(13,14)11-6-1-7-12/h2-5,11-12H,1,6-7H2. The largest absolute Gasteiger partial charge is 0.396 e. The third-order valence-electron chi connectivity index (χ3n) is 1.75. The lowest BCUT2D eigenvalue weighted by atomic mass is 10.4. The Bertz CT molecular complexity index is 402. The second-order valence-corrected chi connectivity index (χ2v) is 5.13. The Hall–Kier alpha value is -0.620. The Kier molecular flexibility index (Phi) is 4.53. The zero-order chi connectivity index (χ0) is 11.3. The van der Waals surface area contributed by atoms with Crippen LogP contribution >= 0.6 is 11.6 Å². The maximum Gasteiger partial charge on any atom is 0.240 e. The predicted molar refractivity (Wildman–Crippen MR) is 58.3 cm³/mol. The van der Waals surface area contributed by atoms with Crippen molar-refractivity contribution in [2.45, 2.75) is 11.3 Å². The van der Waals surface area contributed by atoms with Crippen LogP contribution in [-0.4, -0.2) is 26.7 Å². The number of aliphatic hydroxyl groups is 1. The molecule has 0 fully saturated rings. The van der Waals surface area contributed by atoms with Gasteiger partial charge in [0.15, 0.2) is 0 Å². The Morgan fingerprint density at radius 3 is 2.40 bits per heavy atom. The first kappa shape index (κ1) is 12.4. The highest BCUT2D eigenvalue weighted by molar-refractivity contribution is 7.89. The second kappa shape index (κ2) is 5.46. The van der Waals surface area contributed by atoms with Crippen molar-refractivity contribution in [1.82, 2.24) is 4.72 Å². The molecule has 0 unspecified atom stereocenters. The van der Waals surface area contributed by atoms with Gasteiger partial charge < -0.3 is 5.11 Å². The number of nitrogens with one attached hydrogen (secondary N) is 1. The summed E-state index contributed by atoms with van der Waals surface area (Å²) in [6.07, 6.45) is 0.396. The quantitative estimate of drug-likeness (QED) is 0.766. The highest BCUT2D eigenvalue weighted by atomic mass is 35.5. The number of hydrogen-bond acceptors (Lipinski definition) is 3. The van der Waals surface area contributed by atoms with Crippen molar-refractivity contribution < 1.29 is 13.5 Å². The van der Waals surface area contributed by atoms with Gasteiger partial charge in [-0.15, -0.1) is 0 Å². The van der Waals surface area contributed by atoms with Gasteiger partial charge in [0.1, 0.15) is 0 Å². The molecule has 0 bridgehead atoms. The molecule has 0 heterocycles. The van der Waals surface area contributed by atoms with Crippen molar-refractivity contribution in [3.05, 3.63) is 29.3 Å². The van der Waals surface area contributed by atoms with E-state index in [2.05, 4.69) is 4.72 Å². The van der Waals surface area contributed by atoms with Crippen molar-refractivity contribution in [2.75, 3.05) is 13.2 Å². The molecule has 1 aromatic rings. The summed E-state index contributed by atoms with van der Waals surface area (Å²) >= 11 is 5.64. The molecule has 1 rings (SSSR count). The summed E-state index contributed by atoms with van der Waals surface area (Å²) in [7, 11) is -3.47. The van der Waals surface area contributed by atoms with Crippen molar-refractivity contribution in [2.24, 2.45) is 0 Å². The second-order valence-electron chi connectivity index (χ2n) is 2.93. The molecular weight excluding hydrogens is 238 g/mol. The van der Waals surface area contributed by atoms with Crippen LogP contribution in [0.15, 0.2) is 29.2 Å². The summed E-state index contributed by atoms with van der Waals surface area (Å²) in [4.78, 5) is 0.171. The fraction of sp³-hybridized carbons (Fsp3) is 0.333. The van der Waals surface area contributed by atoms with E-state index in [0.29, 0.717) is 11.4 Å². The summed E-state index contributed by atoms with van der Waals surface area (Å²) < 4.78 is 25.5. The lowest BCUT2D eigenvalue weighted by Gasteiger charge is -2.05. The SMILES string of the molecule is O=S(=O)(NCCCO)c1ccc(Cl)cc1. The molecule has 0 aliphatic rings. The first-order valence-corrected chi connectivity index (χ1v) is 6.28. The van der Waals surface area contributed by atoms with Crippen LogP contribution in [-0.2, 0) is 10.0 Å². The first-order chi connectivity index (χ1) is 7.06. The summed E-state index contributed by atoms with van der Waals surface area (Å²) in [5.74, 6) is 0. The summed E-state index contributed by atoms with van der Waals surface area (Å²) in [5, 5.41) is 9.01. The van der Waals surface area contributed by atoms with Gasteiger partial charge in [-0.05, 0) is 30.7 Å². The van der Waals surface area contributed by atoms with Gasteiger partial charge in [0, 0.05) is 18.2 Å². The van der Waals surface area contributed by atoms with Gasteiger partial charge in [-0.1, -0.05) is 11.6 Å². The molecule has 0 radical (unpaired) electrons. The van der Waals surface area contributed by atoms with Crippen LogP contribution in [0.3, 0.4) is 0 Å². The third-order valence-corrected chi connectivity index (χ3v) is 3.48. The van der Waals surface area contributed by atoms with Gasteiger partial charge in [-0.2, -0.15) is 0 Å². The summed E-state index contributed by atoms with van der Waals surface area (Å²) in [5.41, 5.74) is 0. The van der Waals surface area contributed by atoms with E-state index in [1.54, 1.807) is 0 Å². The Morgan fingerprint density at radius 2 is 1.87 bits per heavy atom. The van der Waals surface area contributed by atoms with Gasteiger partial charge in [-0.3, -0.25) is 0 Å². The Labute approximate surface area is 93.9 Å². The van der Waals surface area contributed by atoms with E-state index in [0.717, 1.165) is 0 Å². The summed E-state index contributed by atoms with van der Waals surface area (Å²) in [6.45, 7) is 0.185. The smallest absolute Gasteiger partial charge is 0.240 e. The number of halogens is 1. The van der Waals surface area contributed by atoms with E-state index in [4.69, 9.17) is 16.7 Å². The minimum Gasteiger partial charge on any atom is -0.396 e. The van der Waals surface area contributed by atoms with Gasteiger partial charge in [-0.25, -0.2) is 13.1 Å². The van der Waals surface area contributed by atoms with E-state index in [1.807, 2.05) is 0 Å². The Morgan fingerprint density at radius 1 is 1.27 bits per heavy atom. The molecule has 0 spiro atoms. The predicted octanol–water partition coefficient (Wildman–Crippen LogP) is 1.00. The number of benzene rings is 1. The molecule has 2 N–H and O–H groups in total. The average molecular weight is 250 g/mol. The maximum absolute atomic E-state index is 11.6. The van der Waals surface area contributed by atoms with Crippen LogP contribution in [0, 0.1) is 0 Å². The molecule has 4 nitrogen and oxygen atoms in total. The van der Waals surface area contributed by atoms with E-state index < -0.39 is 10.0 Å². The third kappa shape index (κ3) is 3.79. The molecule has 0 atom stereocenters. The molecule has 1 aromatic carbocycles. The van der Waals surface area contributed by atoms with Crippen LogP contribution in [0.1, 0.15) is 6.42 Å². The number of aliphatic hydroxyl groups excluding tert-OH is 1. The van der Waals surface area contributed by atoms with Crippen LogP contribution < -0.4 is 4.72 Å². The monoisotopic (exact) mass is 249 g/mol. The molecule has 6 heteroatoms. The molecule has 15 heavy (non-hydrogen) atoms. The van der Waals surface area contributed by atoms with Gasteiger partial charge in [0.05, 0.1) is 4.90 Å². The van der Waals surface area contributed by atoms with Crippen molar-refractivity contribution in [3.63, 3.8) is 0 Å². The minimum atomic E-state index is -3.47. The zero-order valence-electron chi connectivity index (χ0n) is 7.98. The van der Waals surface area contributed by atoms with E-state index >= 15 is 0 Å². The van der Waals surface area contributed by atoms with E-state index in [1.165, 1.54) is 24.3 Å². The lowest BCUT2D eigenvalue weighted by molar-refractivity contribution is 0.289. The fourth-order valence-electron chi connectivity index (χ4n) is 0.983. The highest BCUT2D eigenvalue weighted by Gasteiger charge is 2.12. The van der Waals surface area contributed by atoms with Crippen LogP contribution in [0.2, 0.25) is 5.02 Å². The average Bonchev–Trinajstić information content (AvgIpc) is 2.18. The van der Waals surface area contributed by atoms with Crippen LogP contribution in [0.5, 0.6) is 0 Å². The normalized spacial score (nSPS) is 11.6. The van der Waals surface area contributed by atoms with Crippen molar-refractivity contribution >= 4 is 21.6 Å². The van der Waals surface area contributed by atoms with Gasteiger partial charge in [0.25, 0.3) is 0 Å². The topological polar surface area (TPSA) is 66.4 Å².